The average molecular weight is 567 g/mol. The number of guanidine groups is 1. The molecule has 1 atom stereocenters. The summed E-state index contributed by atoms with van der Waals surface area (Å²) in [6.45, 7) is 8.87. The summed E-state index contributed by atoms with van der Waals surface area (Å²) >= 11 is 0. The van der Waals surface area contributed by atoms with Crippen molar-refractivity contribution in [1.82, 2.24) is 15.5 Å². The Morgan fingerprint density at radius 2 is 1.71 bits per heavy atom. The SMILES string of the molecule is CN=C(NCCOc1ccc(S(C)(=O)=O)cc1)NCC(C(C)C)N1CCCCCC1.I. The molecule has 2 rings (SSSR count). The van der Waals surface area contributed by atoms with Gasteiger partial charge >= 0.3 is 0 Å². The number of ether oxygens (including phenoxy) is 1. The normalized spacial score (nSPS) is 16.9. The van der Waals surface area contributed by atoms with Crippen LogP contribution in [0.1, 0.15) is 39.5 Å². The zero-order valence-corrected chi connectivity index (χ0v) is 22.4. The van der Waals surface area contributed by atoms with Gasteiger partial charge in [-0.3, -0.25) is 9.89 Å². The van der Waals surface area contributed by atoms with Gasteiger partial charge in [0.05, 0.1) is 11.4 Å². The summed E-state index contributed by atoms with van der Waals surface area (Å²) in [5, 5.41) is 6.75. The van der Waals surface area contributed by atoms with E-state index in [2.05, 4.69) is 34.4 Å². The molecule has 0 aliphatic carbocycles. The van der Waals surface area contributed by atoms with Crippen LogP contribution in [0.4, 0.5) is 0 Å². The molecule has 31 heavy (non-hydrogen) atoms. The zero-order chi connectivity index (χ0) is 22.0. The molecule has 1 saturated heterocycles. The van der Waals surface area contributed by atoms with Gasteiger partial charge in [-0.05, 0) is 56.1 Å². The van der Waals surface area contributed by atoms with Crippen LogP contribution in [0.15, 0.2) is 34.2 Å². The van der Waals surface area contributed by atoms with Gasteiger partial charge in [0, 0.05) is 25.9 Å². The lowest BCUT2D eigenvalue weighted by atomic mass is 10.0. The molecular formula is C22H39IN4O3S. The fourth-order valence-corrected chi connectivity index (χ4v) is 4.39. The van der Waals surface area contributed by atoms with Crippen molar-refractivity contribution in [2.75, 3.05) is 46.1 Å². The van der Waals surface area contributed by atoms with Gasteiger partial charge in [0.15, 0.2) is 15.8 Å². The summed E-state index contributed by atoms with van der Waals surface area (Å²) in [6, 6.07) is 6.97. The lowest BCUT2D eigenvalue weighted by molar-refractivity contribution is 0.161. The van der Waals surface area contributed by atoms with Crippen LogP contribution in [0.3, 0.4) is 0 Å². The van der Waals surface area contributed by atoms with E-state index in [0.717, 1.165) is 12.5 Å². The highest BCUT2D eigenvalue weighted by Gasteiger charge is 2.22. The molecule has 0 aromatic heterocycles. The molecule has 1 fully saturated rings. The smallest absolute Gasteiger partial charge is 0.191 e. The summed E-state index contributed by atoms with van der Waals surface area (Å²) in [4.78, 5) is 7.24. The molecule has 178 valence electrons. The number of aliphatic imine (C=N–C) groups is 1. The number of hydrogen-bond donors (Lipinski definition) is 2. The predicted octanol–water partition coefficient (Wildman–Crippen LogP) is 3.15. The van der Waals surface area contributed by atoms with E-state index in [9.17, 15) is 8.42 Å². The van der Waals surface area contributed by atoms with Crippen LogP contribution >= 0.6 is 24.0 Å². The maximum absolute atomic E-state index is 11.5. The standard InChI is InChI=1S/C22H38N4O3S.HI/c1-18(2)21(26-14-7-5-6-8-15-26)17-25-22(23-3)24-13-16-29-19-9-11-20(12-10-19)30(4,27)28;/h9-12,18,21H,5-8,13-17H2,1-4H3,(H2,23,24,25);1H. The van der Waals surface area contributed by atoms with Crippen molar-refractivity contribution in [3.8, 4) is 5.75 Å². The number of halogens is 1. The fraction of sp³-hybridized carbons (Fsp3) is 0.682. The lowest BCUT2D eigenvalue weighted by Crippen LogP contribution is -2.50. The second-order valence-corrected chi connectivity index (χ2v) is 10.2. The first kappa shape index (κ1) is 28.0. The number of rotatable bonds is 9. The Bertz CT molecular complexity index is 761. The zero-order valence-electron chi connectivity index (χ0n) is 19.3. The van der Waals surface area contributed by atoms with E-state index in [-0.39, 0.29) is 24.0 Å². The van der Waals surface area contributed by atoms with Crippen molar-refractivity contribution in [2.45, 2.75) is 50.5 Å². The Morgan fingerprint density at radius 3 is 2.23 bits per heavy atom. The predicted molar refractivity (Wildman–Crippen MR) is 138 cm³/mol. The van der Waals surface area contributed by atoms with Crippen molar-refractivity contribution in [1.29, 1.82) is 0 Å². The molecule has 1 aliphatic heterocycles. The van der Waals surface area contributed by atoms with Crippen LogP contribution in [0.25, 0.3) is 0 Å². The molecule has 1 heterocycles. The van der Waals surface area contributed by atoms with Gasteiger partial charge in [0.1, 0.15) is 12.4 Å². The summed E-state index contributed by atoms with van der Waals surface area (Å²) < 4.78 is 28.7. The monoisotopic (exact) mass is 566 g/mol. The maximum atomic E-state index is 11.5. The van der Waals surface area contributed by atoms with Gasteiger partial charge in [-0.25, -0.2) is 8.42 Å². The number of hydrogen-bond acceptors (Lipinski definition) is 5. The molecule has 0 spiro atoms. The van der Waals surface area contributed by atoms with Gasteiger partial charge < -0.3 is 15.4 Å². The second-order valence-electron chi connectivity index (χ2n) is 8.23. The molecule has 0 bridgehead atoms. The topological polar surface area (TPSA) is 83.0 Å². The average Bonchev–Trinajstić information content (AvgIpc) is 2.98. The molecule has 9 heteroatoms. The van der Waals surface area contributed by atoms with Gasteiger partial charge in [0.2, 0.25) is 0 Å². The first-order chi connectivity index (χ1) is 14.3. The quantitative estimate of drug-likeness (QED) is 0.207. The maximum Gasteiger partial charge on any atom is 0.191 e. The van der Waals surface area contributed by atoms with Crippen LogP contribution in [-0.4, -0.2) is 71.4 Å². The minimum atomic E-state index is -3.18. The number of nitrogens with zero attached hydrogens (tertiary/aromatic N) is 2. The van der Waals surface area contributed by atoms with Gasteiger partial charge in [-0.2, -0.15) is 0 Å². The van der Waals surface area contributed by atoms with E-state index in [1.165, 1.54) is 45.0 Å². The highest BCUT2D eigenvalue weighted by molar-refractivity contribution is 14.0. The van der Waals surface area contributed by atoms with Crippen LogP contribution in [0.2, 0.25) is 0 Å². The van der Waals surface area contributed by atoms with Crippen LogP contribution in [0.5, 0.6) is 5.75 Å². The van der Waals surface area contributed by atoms with Crippen molar-refractivity contribution in [2.24, 2.45) is 10.9 Å². The Morgan fingerprint density at radius 1 is 1.10 bits per heavy atom. The Hall–Kier alpha value is -1.07. The molecule has 7 nitrogen and oxygen atoms in total. The number of sulfone groups is 1. The van der Waals surface area contributed by atoms with Crippen LogP contribution in [-0.2, 0) is 9.84 Å². The highest BCUT2D eigenvalue weighted by Crippen LogP contribution is 2.17. The Kier molecular flexibility index (Phi) is 12.8. The third-order valence-electron chi connectivity index (χ3n) is 5.50. The number of nitrogens with one attached hydrogen (secondary N) is 2. The van der Waals surface area contributed by atoms with E-state index in [1.807, 2.05) is 0 Å². The first-order valence-corrected chi connectivity index (χ1v) is 12.8. The van der Waals surface area contributed by atoms with Gasteiger partial charge in [0.25, 0.3) is 0 Å². The summed E-state index contributed by atoms with van der Waals surface area (Å²) in [6.07, 6.45) is 6.46. The van der Waals surface area contributed by atoms with Crippen molar-refractivity contribution in [3.05, 3.63) is 24.3 Å². The number of benzene rings is 1. The molecule has 1 aromatic rings. The van der Waals surface area contributed by atoms with E-state index in [1.54, 1.807) is 31.3 Å². The van der Waals surface area contributed by atoms with Crippen molar-refractivity contribution >= 4 is 39.8 Å². The van der Waals surface area contributed by atoms with E-state index < -0.39 is 9.84 Å². The molecule has 0 radical (unpaired) electrons. The summed E-state index contributed by atoms with van der Waals surface area (Å²) in [7, 11) is -1.41. The third-order valence-corrected chi connectivity index (χ3v) is 6.63. The van der Waals surface area contributed by atoms with Gasteiger partial charge in [-0.15, -0.1) is 24.0 Å². The van der Waals surface area contributed by atoms with Crippen LogP contribution in [0, 0.1) is 5.92 Å². The van der Waals surface area contributed by atoms with E-state index >= 15 is 0 Å². The largest absolute Gasteiger partial charge is 0.492 e. The molecule has 0 amide bonds. The minimum absolute atomic E-state index is 0. The molecule has 2 N–H and O–H groups in total. The molecule has 1 aromatic carbocycles. The minimum Gasteiger partial charge on any atom is -0.492 e. The number of likely N-dealkylation sites (tertiary alicyclic amines) is 1. The Balaban J connectivity index is 0.00000480. The van der Waals surface area contributed by atoms with E-state index in [4.69, 9.17) is 4.74 Å². The van der Waals surface area contributed by atoms with Gasteiger partial charge in [-0.1, -0.05) is 26.7 Å². The molecule has 1 aliphatic rings. The molecule has 0 saturated carbocycles. The summed E-state index contributed by atoms with van der Waals surface area (Å²) in [5.41, 5.74) is 0. The molecular weight excluding hydrogens is 527 g/mol. The third kappa shape index (κ3) is 9.95. The van der Waals surface area contributed by atoms with Crippen molar-refractivity contribution < 1.29 is 13.2 Å². The van der Waals surface area contributed by atoms with E-state index in [0.29, 0.717) is 35.8 Å². The molecule has 1 unspecified atom stereocenters. The second kappa shape index (κ2) is 14.2. The highest BCUT2D eigenvalue weighted by atomic mass is 127. The van der Waals surface area contributed by atoms with Crippen molar-refractivity contribution in [3.63, 3.8) is 0 Å². The fourth-order valence-electron chi connectivity index (χ4n) is 3.76. The summed E-state index contributed by atoms with van der Waals surface area (Å²) in [5.74, 6) is 1.99. The first-order valence-electron chi connectivity index (χ1n) is 10.9. The Labute approximate surface area is 205 Å². The lowest BCUT2D eigenvalue weighted by Gasteiger charge is -2.34. The van der Waals surface area contributed by atoms with Crippen LogP contribution < -0.4 is 15.4 Å².